The number of hydrogen-bond donors (Lipinski definition) is 1. The second kappa shape index (κ2) is 9.34. The number of nitrogens with zero attached hydrogens (tertiary/aromatic N) is 1. The maximum Gasteiger partial charge on any atom is 0.243 e. The predicted octanol–water partition coefficient (Wildman–Crippen LogP) is 4.77. The van der Waals surface area contributed by atoms with E-state index in [4.69, 9.17) is 0 Å². The molecule has 0 aliphatic carbocycles. The highest BCUT2D eigenvalue weighted by molar-refractivity contribution is 7.89. The number of amides is 1. The highest BCUT2D eigenvalue weighted by atomic mass is 32.2. The molecule has 2 heterocycles. The van der Waals surface area contributed by atoms with Crippen LogP contribution in [0.4, 0.5) is 0 Å². The largest absolute Gasteiger partial charge is 0.348 e. The number of piperidine rings is 1. The second-order valence-electron chi connectivity index (χ2n) is 7.83. The molecule has 0 radical (unpaired) electrons. The number of thiophene rings is 1. The van der Waals surface area contributed by atoms with Gasteiger partial charge < -0.3 is 5.32 Å². The number of rotatable bonds is 6. The summed E-state index contributed by atoms with van der Waals surface area (Å²) in [5.74, 6) is -0.485. The first kappa shape index (κ1) is 21.7. The molecule has 3 aromatic rings. The van der Waals surface area contributed by atoms with Gasteiger partial charge in [0.1, 0.15) is 0 Å². The molecule has 3 unspecified atom stereocenters. The molecule has 31 heavy (non-hydrogen) atoms. The lowest BCUT2D eigenvalue weighted by molar-refractivity contribution is -0.127. The van der Waals surface area contributed by atoms with Crippen molar-refractivity contribution in [3.05, 3.63) is 88.6 Å². The van der Waals surface area contributed by atoms with Gasteiger partial charge in [-0.15, -0.1) is 11.3 Å². The van der Waals surface area contributed by atoms with Crippen LogP contribution in [0.3, 0.4) is 0 Å². The van der Waals surface area contributed by atoms with Crippen LogP contribution in [0.5, 0.6) is 0 Å². The lowest BCUT2D eigenvalue weighted by Gasteiger charge is -2.38. The van der Waals surface area contributed by atoms with Gasteiger partial charge in [0.15, 0.2) is 0 Å². The fourth-order valence-corrected chi connectivity index (χ4v) is 6.54. The van der Waals surface area contributed by atoms with Gasteiger partial charge in [0.2, 0.25) is 15.9 Å². The maximum atomic E-state index is 13.5. The number of sulfonamides is 1. The monoisotopic (exact) mass is 454 g/mol. The zero-order valence-electron chi connectivity index (χ0n) is 17.3. The van der Waals surface area contributed by atoms with Crippen molar-refractivity contribution in [2.24, 2.45) is 5.92 Å². The van der Waals surface area contributed by atoms with Gasteiger partial charge in [0.05, 0.1) is 22.9 Å². The summed E-state index contributed by atoms with van der Waals surface area (Å²) >= 11 is 1.60. The quantitative estimate of drug-likeness (QED) is 0.584. The van der Waals surface area contributed by atoms with Crippen LogP contribution < -0.4 is 5.32 Å². The van der Waals surface area contributed by atoms with Crippen LogP contribution in [0.15, 0.2) is 83.1 Å². The van der Waals surface area contributed by atoms with Crippen molar-refractivity contribution in [3.63, 3.8) is 0 Å². The smallest absolute Gasteiger partial charge is 0.243 e. The molecular formula is C24H26N2O3S2. The Bertz CT molecular complexity index is 1100. The summed E-state index contributed by atoms with van der Waals surface area (Å²) in [6.45, 7) is 2.12. The van der Waals surface area contributed by atoms with Crippen molar-refractivity contribution < 1.29 is 13.2 Å². The predicted molar refractivity (Wildman–Crippen MR) is 123 cm³/mol. The minimum atomic E-state index is -3.74. The number of carbonyl (C=O) groups excluding carboxylic acids is 1. The summed E-state index contributed by atoms with van der Waals surface area (Å²) in [7, 11) is -3.74. The molecule has 7 heteroatoms. The molecule has 0 spiro atoms. The molecule has 1 N–H and O–H groups in total. The van der Waals surface area contributed by atoms with E-state index < -0.39 is 10.0 Å². The first-order valence-corrected chi connectivity index (χ1v) is 12.7. The Kier molecular flexibility index (Phi) is 6.55. The fourth-order valence-electron chi connectivity index (χ4n) is 4.09. The summed E-state index contributed by atoms with van der Waals surface area (Å²) in [5.41, 5.74) is 0.952. The van der Waals surface area contributed by atoms with E-state index in [0.29, 0.717) is 12.8 Å². The van der Waals surface area contributed by atoms with E-state index in [-0.39, 0.29) is 35.3 Å². The topological polar surface area (TPSA) is 66.5 Å². The van der Waals surface area contributed by atoms with Crippen LogP contribution >= 0.6 is 11.3 Å². The van der Waals surface area contributed by atoms with Crippen molar-refractivity contribution in [2.75, 3.05) is 6.54 Å². The first-order valence-electron chi connectivity index (χ1n) is 10.4. The summed E-state index contributed by atoms with van der Waals surface area (Å²) in [5, 5.41) is 5.05. The third-order valence-corrected chi connectivity index (χ3v) is 8.71. The Morgan fingerprint density at radius 1 is 1.00 bits per heavy atom. The Morgan fingerprint density at radius 2 is 1.68 bits per heavy atom. The molecule has 0 bridgehead atoms. The molecule has 5 nitrogen and oxygen atoms in total. The van der Waals surface area contributed by atoms with Crippen LogP contribution in [0.25, 0.3) is 0 Å². The molecule has 1 saturated heterocycles. The van der Waals surface area contributed by atoms with Gasteiger partial charge in [0.25, 0.3) is 0 Å². The second-order valence-corrected chi connectivity index (χ2v) is 10.7. The molecule has 1 aliphatic rings. The van der Waals surface area contributed by atoms with Gasteiger partial charge in [0, 0.05) is 11.4 Å². The van der Waals surface area contributed by atoms with E-state index in [2.05, 4.69) is 5.32 Å². The minimum Gasteiger partial charge on any atom is -0.348 e. The molecule has 1 aliphatic heterocycles. The molecular weight excluding hydrogens is 428 g/mol. The molecule has 1 fully saturated rings. The standard InChI is InChI=1S/C24H26N2O3S2/c1-18(23-13-8-16-30-23)25-24(27)20-14-15-22(19-9-4-2-5-10-19)26(17-20)31(28,29)21-11-6-3-7-12-21/h2-13,16,18,20,22H,14-15,17H2,1H3,(H,25,27). The number of hydrogen-bond acceptors (Lipinski definition) is 4. The summed E-state index contributed by atoms with van der Waals surface area (Å²) < 4.78 is 28.6. The van der Waals surface area contributed by atoms with Gasteiger partial charge in [-0.25, -0.2) is 8.42 Å². The van der Waals surface area contributed by atoms with Gasteiger partial charge in [-0.05, 0) is 48.9 Å². The van der Waals surface area contributed by atoms with Gasteiger partial charge >= 0.3 is 0 Å². The average molecular weight is 455 g/mol. The molecule has 162 valence electrons. The van der Waals surface area contributed by atoms with Crippen molar-refractivity contribution in [3.8, 4) is 0 Å². The van der Waals surface area contributed by atoms with Gasteiger partial charge in [-0.1, -0.05) is 54.6 Å². The van der Waals surface area contributed by atoms with E-state index >= 15 is 0 Å². The van der Waals surface area contributed by atoms with E-state index in [9.17, 15) is 13.2 Å². The third kappa shape index (κ3) is 4.74. The Labute approximate surface area is 187 Å². The van der Waals surface area contributed by atoms with Crippen LogP contribution in [0, 0.1) is 5.92 Å². The van der Waals surface area contributed by atoms with Crippen LogP contribution in [0.2, 0.25) is 0 Å². The van der Waals surface area contributed by atoms with Crippen LogP contribution in [0.1, 0.15) is 42.3 Å². The molecule has 2 aromatic carbocycles. The lowest BCUT2D eigenvalue weighted by Crippen LogP contribution is -2.47. The highest BCUT2D eigenvalue weighted by Crippen LogP contribution is 2.37. The van der Waals surface area contributed by atoms with Crippen molar-refractivity contribution in [1.82, 2.24) is 9.62 Å². The van der Waals surface area contributed by atoms with E-state index in [1.165, 1.54) is 4.31 Å². The van der Waals surface area contributed by atoms with Crippen molar-refractivity contribution >= 4 is 27.3 Å². The summed E-state index contributed by atoms with van der Waals surface area (Å²) in [6, 6.07) is 21.7. The van der Waals surface area contributed by atoms with E-state index in [0.717, 1.165) is 10.4 Å². The Hall–Kier alpha value is -2.48. The molecule has 3 atom stereocenters. The van der Waals surface area contributed by atoms with Crippen LogP contribution in [-0.4, -0.2) is 25.2 Å². The number of nitrogens with one attached hydrogen (secondary N) is 1. The zero-order chi connectivity index (χ0) is 21.8. The number of carbonyl (C=O) groups is 1. The average Bonchev–Trinajstić information content (AvgIpc) is 3.35. The minimum absolute atomic E-state index is 0.0966. The van der Waals surface area contributed by atoms with E-state index in [1.807, 2.05) is 54.8 Å². The molecule has 4 rings (SSSR count). The zero-order valence-corrected chi connectivity index (χ0v) is 19.0. The molecule has 0 saturated carbocycles. The van der Waals surface area contributed by atoms with Crippen LogP contribution in [-0.2, 0) is 14.8 Å². The summed E-state index contributed by atoms with van der Waals surface area (Å²) in [4.78, 5) is 14.4. The number of benzene rings is 2. The Balaban J connectivity index is 1.60. The first-order chi connectivity index (χ1) is 15.0. The third-order valence-electron chi connectivity index (χ3n) is 5.77. The fraction of sp³-hybridized carbons (Fsp3) is 0.292. The SMILES string of the molecule is CC(NC(=O)C1CCC(c2ccccc2)N(S(=O)(=O)c2ccccc2)C1)c1cccs1. The maximum absolute atomic E-state index is 13.5. The highest BCUT2D eigenvalue weighted by Gasteiger charge is 2.40. The van der Waals surface area contributed by atoms with E-state index in [1.54, 1.807) is 41.7 Å². The van der Waals surface area contributed by atoms with Crippen molar-refractivity contribution in [1.29, 1.82) is 0 Å². The van der Waals surface area contributed by atoms with Gasteiger partial charge in [-0.3, -0.25) is 4.79 Å². The Morgan fingerprint density at radius 3 is 2.32 bits per heavy atom. The summed E-state index contributed by atoms with van der Waals surface area (Å²) in [6.07, 6.45) is 1.24. The lowest BCUT2D eigenvalue weighted by atomic mass is 9.90. The van der Waals surface area contributed by atoms with Crippen molar-refractivity contribution in [2.45, 2.75) is 36.7 Å². The molecule has 1 aromatic heterocycles. The molecule has 1 amide bonds. The normalized spacial score (nSPS) is 20.8. The van der Waals surface area contributed by atoms with Gasteiger partial charge in [-0.2, -0.15) is 4.31 Å².